The average molecular weight is 365 g/mol. The molecule has 1 amide bonds. The largest absolute Gasteiger partial charge is 0.302 e. The van der Waals surface area contributed by atoms with Crippen molar-refractivity contribution in [3.8, 4) is 11.1 Å². The van der Waals surface area contributed by atoms with Gasteiger partial charge in [0.25, 0.3) is 0 Å². The van der Waals surface area contributed by atoms with Crippen LogP contribution in [0.25, 0.3) is 16.7 Å². The Morgan fingerprint density at radius 2 is 1.50 bits per heavy atom. The van der Waals surface area contributed by atoms with Crippen LogP contribution in [0.1, 0.15) is 36.5 Å². The zero-order chi connectivity index (χ0) is 19.3. The second-order valence-electron chi connectivity index (χ2n) is 8.06. The Morgan fingerprint density at radius 3 is 2.25 bits per heavy atom. The lowest BCUT2D eigenvalue weighted by molar-refractivity contribution is -0.117. The highest BCUT2D eigenvalue weighted by Crippen LogP contribution is 2.48. The number of aryl methyl sites for hydroxylation is 1. The minimum absolute atomic E-state index is 0.229. The van der Waals surface area contributed by atoms with Crippen LogP contribution in [0.4, 0.5) is 5.69 Å². The normalized spacial score (nSPS) is 20.6. The van der Waals surface area contributed by atoms with E-state index in [0.29, 0.717) is 6.42 Å². The number of benzene rings is 3. The van der Waals surface area contributed by atoms with Gasteiger partial charge in [-0.1, -0.05) is 78.9 Å². The molecule has 1 unspecified atom stereocenters. The lowest BCUT2D eigenvalue weighted by Crippen LogP contribution is -2.45. The average Bonchev–Trinajstić information content (AvgIpc) is 3.03. The summed E-state index contributed by atoms with van der Waals surface area (Å²) >= 11 is 0. The predicted octanol–water partition coefficient (Wildman–Crippen LogP) is 5.99. The highest BCUT2D eigenvalue weighted by atomic mass is 16.2. The molecule has 3 aromatic carbocycles. The van der Waals surface area contributed by atoms with E-state index < -0.39 is 0 Å². The number of rotatable bonds is 2. The summed E-state index contributed by atoms with van der Waals surface area (Å²) in [5.41, 5.74) is 8.02. The first-order chi connectivity index (χ1) is 13.6. The van der Waals surface area contributed by atoms with E-state index in [1.165, 1.54) is 22.3 Å². The van der Waals surface area contributed by atoms with Crippen LogP contribution >= 0.6 is 0 Å². The van der Waals surface area contributed by atoms with Crippen molar-refractivity contribution in [1.29, 1.82) is 0 Å². The number of carbonyl (C=O) groups is 1. The number of amides is 1. The summed E-state index contributed by atoms with van der Waals surface area (Å²) < 4.78 is 0. The first kappa shape index (κ1) is 17.0. The van der Waals surface area contributed by atoms with Crippen molar-refractivity contribution in [3.63, 3.8) is 0 Å². The summed E-state index contributed by atoms with van der Waals surface area (Å²) in [5, 5.41) is 0. The Labute approximate surface area is 166 Å². The van der Waals surface area contributed by atoms with Crippen LogP contribution in [0.2, 0.25) is 0 Å². The van der Waals surface area contributed by atoms with Gasteiger partial charge in [-0.3, -0.25) is 4.79 Å². The summed E-state index contributed by atoms with van der Waals surface area (Å²) in [6, 6.07) is 25.6. The van der Waals surface area contributed by atoms with Gasteiger partial charge in [0.1, 0.15) is 0 Å². The fourth-order valence-electron chi connectivity index (χ4n) is 4.66. The minimum Gasteiger partial charge on any atom is -0.302 e. The van der Waals surface area contributed by atoms with E-state index >= 15 is 0 Å². The van der Waals surface area contributed by atoms with Crippen molar-refractivity contribution in [2.45, 2.75) is 32.2 Å². The van der Waals surface area contributed by atoms with Gasteiger partial charge < -0.3 is 4.90 Å². The molecule has 3 aromatic rings. The Morgan fingerprint density at radius 1 is 0.821 bits per heavy atom. The van der Waals surface area contributed by atoms with Crippen LogP contribution in [0.15, 0.2) is 78.9 Å². The molecule has 28 heavy (non-hydrogen) atoms. The number of carbonyl (C=O) groups excluding carboxylic acids is 1. The number of para-hydroxylation sites is 1. The van der Waals surface area contributed by atoms with Crippen LogP contribution < -0.4 is 4.90 Å². The van der Waals surface area contributed by atoms with E-state index in [9.17, 15) is 4.79 Å². The standard InChI is InChI=1S/C26H23NO/c1-18-7-6-10-22-23(17-26(2)16-15-24(28)27(26)25(18)22)21-13-11-20(12-14-21)19-8-4-3-5-9-19/h3-14,17H,15-16H2,1-2H3. The van der Waals surface area contributed by atoms with Gasteiger partial charge in [-0.25, -0.2) is 0 Å². The highest BCUT2D eigenvalue weighted by Gasteiger charge is 2.45. The van der Waals surface area contributed by atoms with E-state index in [1.54, 1.807) is 0 Å². The molecule has 2 heteroatoms. The third kappa shape index (κ3) is 2.52. The zero-order valence-electron chi connectivity index (χ0n) is 16.3. The summed E-state index contributed by atoms with van der Waals surface area (Å²) in [4.78, 5) is 14.7. The third-order valence-corrected chi connectivity index (χ3v) is 6.12. The zero-order valence-corrected chi connectivity index (χ0v) is 16.3. The first-order valence-electron chi connectivity index (χ1n) is 9.89. The Hall–Kier alpha value is -3.13. The Bertz CT molecular complexity index is 1100. The fourth-order valence-corrected chi connectivity index (χ4v) is 4.66. The van der Waals surface area contributed by atoms with Crippen LogP contribution in [0.3, 0.4) is 0 Å². The van der Waals surface area contributed by atoms with E-state index in [0.717, 1.165) is 23.2 Å². The summed E-state index contributed by atoms with van der Waals surface area (Å²) in [5.74, 6) is 0.229. The molecular weight excluding hydrogens is 342 g/mol. The molecule has 1 atom stereocenters. The van der Waals surface area contributed by atoms with Gasteiger partial charge in [-0.05, 0) is 48.1 Å². The molecule has 0 saturated carbocycles. The number of nitrogens with zero attached hydrogens (tertiary/aromatic N) is 1. The van der Waals surface area contributed by atoms with Crippen LogP contribution in [0.5, 0.6) is 0 Å². The lowest BCUT2D eigenvalue weighted by Gasteiger charge is -2.40. The fraction of sp³-hybridized carbons (Fsp3) is 0.192. The van der Waals surface area contributed by atoms with E-state index in [4.69, 9.17) is 0 Å². The van der Waals surface area contributed by atoms with E-state index in [1.807, 2.05) is 11.0 Å². The Balaban J connectivity index is 1.64. The molecule has 0 radical (unpaired) electrons. The number of hydrogen-bond acceptors (Lipinski definition) is 1. The molecule has 2 heterocycles. The van der Waals surface area contributed by atoms with Crippen molar-refractivity contribution in [3.05, 3.63) is 95.6 Å². The summed E-state index contributed by atoms with van der Waals surface area (Å²) in [6.07, 6.45) is 3.78. The van der Waals surface area contributed by atoms with Crippen molar-refractivity contribution >= 4 is 17.2 Å². The summed E-state index contributed by atoms with van der Waals surface area (Å²) in [6.45, 7) is 4.29. The van der Waals surface area contributed by atoms with Gasteiger partial charge >= 0.3 is 0 Å². The number of anilines is 1. The van der Waals surface area contributed by atoms with Crippen LogP contribution in [-0.2, 0) is 4.79 Å². The lowest BCUT2D eigenvalue weighted by atomic mass is 9.83. The number of hydrogen-bond donors (Lipinski definition) is 0. The number of fused-ring (bicyclic) bond motifs is 3. The van der Waals surface area contributed by atoms with Gasteiger partial charge in [-0.2, -0.15) is 0 Å². The molecular formula is C26H23NO. The molecule has 2 aliphatic rings. The third-order valence-electron chi connectivity index (χ3n) is 6.12. The first-order valence-corrected chi connectivity index (χ1v) is 9.89. The second-order valence-corrected chi connectivity index (χ2v) is 8.06. The maximum absolute atomic E-state index is 12.7. The topological polar surface area (TPSA) is 20.3 Å². The highest BCUT2D eigenvalue weighted by molar-refractivity contribution is 6.05. The molecule has 0 aromatic heterocycles. The SMILES string of the molecule is Cc1cccc2c1N1C(=O)CCC1(C)C=C2c1ccc(-c2ccccc2)cc1. The van der Waals surface area contributed by atoms with Gasteiger partial charge in [-0.15, -0.1) is 0 Å². The molecule has 2 aliphatic heterocycles. The van der Waals surface area contributed by atoms with Crippen molar-refractivity contribution < 1.29 is 4.79 Å². The van der Waals surface area contributed by atoms with Crippen molar-refractivity contribution in [1.82, 2.24) is 0 Å². The molecule has 1 fully saturated rings. The minimum atomic E-state index is -0.246. The van der Waals surface area contributed by atoms with Crippen molar-refractivity contribution in [2.24, 2.45) is 0 Å². The second kappa shape index (κ2) is 6.20. The van der Waals surface area contributed by atoms with Crippen LogP contribution in [-0.4, -0.2) is 11.4 Å². The Kier molecular flexibility index (Phi) is 3.77. The molecule has 5 rings (SSSR count). The maximum Gasteiger partial charge on any atom is 0.227 e. The molecule has 138 valence electrons. The molecule has 0 bridgehead atoms. The van der Waals surface area contributed by atoms with Gasteiger partial charge in [0, 0.05) is 12.0 Å². The van der Waals surface area contributed by atoms with E-state index in [2.05, 4.69) is 86.7 Å². The van der Waals surface area contributed by atoms with Gasteiger partial charge in [0.15, 0.2) is 0 Å². The molecule has 0 spiro atoms. The molecule has 1 saturated heterocycles. The van der Waals surface area contributed by atoms with E-state index in [-0.39, 0.29) is 11.4 Å². The van der Waals surface area contributed by atoms with Crippen LogP contribution in [0, 0.1) is 6.92 Å². The molecule has 0 aliphatic carbocycles. The quantitative estimate of drug-likeness (QED) is 0.546. The monoisotopic (exact) mass is 365 g/mol. The molecule has 2 nitrogen and oxygen atoms in total. The van der Waals surface area contributed by atoms with Gasteiger partial charge in [0.05, 0.1) is 11.2 Å². The maximum atomic E-state index is 12.7. The smallest absolute Gasteiger partial charge is 0.227 e. The molecule has 0 N–H and O–H groups in total. The van der Waals surface area contributed by atoms with Gasteiger partial charge in [0.2, 0.25) is 5.91 Å². The summed E-state index contributed by atoms with van der Waals surface area (Å²) in [7, 11) is 0. The van der Waals surface area contributed by atoms with Crippen molar-refractivity contribution in [2.75, 3.05) is 4.90 Å². The predicted molar refractivity (Wildman–Crippen MR) is 115 cm³/mol.